The fourth-order valence-corrected chi connectivity index (χ4v) is 2.80. The largest absolute Gasteiger partial charge is 0.394 e. The third-order valence-corrected chi connectivity index (χ3v) is 4.09. The van der Waals surface area contributed by atoms with Gasteiger partial charge in [-0.05, 0) is 32.6 Å². The molecule has 5 nitrogen and oxygen atoms in total. The van der Waals surface area contributed by atoms with Crippen LogP contribution in [0.25, 0.3) is 0 Å². The van der Waals surface area contributed by atoms with Gasteiger partial charge < -0.3 is 14.9 Å². The first-order chi connectivity index (χ1) is 9.05. The molecule has 0 unspecified atom stereocenters. The van der Waals surface area contributed by atoms with Gasteiger partial charge >= 0.3 is 0 Å². The lowest BCUT2D eigenvalue weighted by Gasteiger charge is -2.39. The molecule has 1 heterocycles. The van der Waals surface area contributed by atoms with Gasteiger partial charge in [0.05, 0.1) is 17.8 Å². The second kappa shape index (κ2) is 5.74. The molecule has 106 valence electrons. The second-order valence-electron chi connectivity index (χ2n) is 5.70. The van der Waals surface area contributed by atoms with E-state index < -0.39 is 5.54 Å². The zero-order valence-electron chi connectivity index (χ0n) is 11.6. The van der Waals surface area contributed by atoms with Crippen LogP contribution in [0.5, 0.6) is 0 Å². The number of amides is 1. The Kier molecular flexibility index (Phi) is 4.24. The molecule has 0 spiro atoms. The Morgan fingerprint density at radius 2 is 2.21 bits per heavy atom. The molecule has 0 aliphatic heterocycles. The van der Waals surface area contributed by atoms with Gasteiger partial charge in [-0.2, -0.15) is 0 Å². The number of rotatable bonds is 4. The van der Waals surface area contributed by atoms with Crippen LogP contribution >= 0.6 is 0 Å². The van der Waals surface area contributed by atoms with Crippen LogP contribution in [0.1, 0.15) is 55.3 Å². The van der Waals surface area contributed by atoms with E-state index in [1.165, 1.54) is 6.42 Å². The average Bonchev–Trinajstić information content (AvgIpc) is 2.86. The summed E-state index contributed by atoms with van der Waals surface area (Å²) in [7, 11) is 0. The van der Waals surface area contributed by atoms with Crippen molar-refractivity contribution >= 4 is 5.91 Å². The van der Waals surface area contributed by atoms with Crippen LogP contribution in [0.3, 0.4) is 0 Å². The molecule has 2 rings (SSSR count). The summed E-state index contributed by atoms with van der Waals surface area (Å²) in [4.78, 5) is 12.1. The van der Waals surface area contributed by atoms with Crippen LogP contribution in [0.15, 0.2) is 10.6 Å². The predicted molar refractivity (Wildman–Crippen MR) is 70.8 cm³/mol. The Balaban J connectivity index is 2.06. The third kappa shape index (κ3) is 3.15. The summed E-state index contributed by atoms with van der Waals surface area (Å²) < 4.78 is 4.96. The maximum Gasteiger partial charge on any atom is 0.290 e. The fraction of sp³-hybridized carbons (Fsp3) is 0.714. The van der Waals surface area contributed by atoms with Crippen molar-refractivity contribution in [3.05, 3.63) is 17.5 Å². The summed E-state index contributed by atoms with van der Waals surface area (Å²) in [5.41, 5.74) is 0.0894. The smallest absolute Gasteiger partial charge is 0.290 e. The van der Waals surface area contributed by atoms with Crippen molar-refractivity contribution in [1.82, 2.24) is 10.5 Å². The van der Waals surface area contributed by atoms with Crippen molar-refractivity contribution in [3.63, 3.8) is 0 Å². The van der Waals surface area contributed by atoms with E-state index in [4.69, 9.17) is 4.52 Å². The quantitative estimate of drug-likeness (QED) is 0.874. The predicted octanol–water partition coefficient (Wildman–Crippen LogP) is 2.04. The molecular formula is C14H22N2O3. The average molecular weight is 266 g/mol. The van der Waals surface area contributed by atoms with Gasteiger partial charge in [-0.25, -0.2) is 0 Å². The number of aliphatic hydroxyl groups is 1. The molecule has 5 heteroatoms. The maximum absolute atomic E-state index is 12.1. The zero-order chi connectivity index (χ0) is 13.9. The molecule has 0 aromatic carbocycles. The minimum atomic E-state index is -0.585. The third-order valence-electron chi connectivity index (χ3n) is 4.09. The maximum atomic E-state index is 12.1. The van der Waals surface area contributed by atoms with Crippen LogP contribution in [-0.4, -0.2) is 28.3 Å². The standard InChI is InChI=1S/C14H22N2O3/c1-10-8-12(19-16-10)13(18)15-14(2,9-17)11-6-4-3-5-7-11/h8,11,17H,3-7,9H2,1-2H3,(H,15,18)/t14-/m1/s1. The lowest BCUT2D eigenvalue weighted by atomic mass is 9.76. The van der Waals surface area contributed by atoms with Crippen molar-refractivity contribution in [1.29, 1.82) is 0 Å². The number of aromatic nitrogens is 1. The first kappa shape index (κ1) is 14.1. The number of nitrogens with one attached hydrogen (secondary N) is 1. The van der Waals surface area contributed by atoms with Gasteiger partial charge in [-0.1, -0.05) is 24.4 Å². The molecule has 1 aromatic heterocycles. The molecule has 1 amide bonds. The number of aliphatic hydroxyl groups excluding tert-OH is 1. The highest BCUT2D eigenvalue weighted by molar-refractivity contribution is 5.91. The van der Waals surface area contributed by atoms with Gasteiger partial charge in [0.25, 0.3) is 5.91 Å². The van der Waals surface area contributed by atoms with E-state index in [2.05, 4.69) is 10.5 Å². The summed E-state index contributed by atoms with van der Waals surface area (Å²) in [5, 5.41) is 16.3. The molecule has 1 aliphatic carbocycles. The summed E-state index contributed by atoms with van der Waals surface area (Å²) >= 11 is 0. The molecule has 1 aromatic rings. The molecule has 0 saturated heterocycles. The number of hydrogen-bond donors (Lipinski definition) is 2. The van der Waals surface area contributed by atoms with E-state index in [-0.39, 0.29) is 18.3 Å². The summed E-state index contributed by atoms with van der Waals surface area (Å²) in [6, 6.07) is 1.61. The first-order valence-corrected chi connectivity index (χ1v) is 6.92. The van der Waals surface area contributed by atoms with Crippen LogP contribution in [-0.2, 0) is 0 Å². The molecule has 19 heavy (non-hydrogen) atoms. The van der Waals surface area contributed by atoms with Crippen molar-refractivity contribution in [2.45, 2.75) is 51.5 Å². The first-order valence-electron chi connectivity index (χ1n) is 6.92. The summed E-state index contributed by atoms with van der Waals surface area (Å²) in [6.45, 7) is 3.62. The van der Waals surface area contributed by atoms with Gasteiger partial charge in [0.15, 0.2) is 0 Å². The Hall–Kier alpha value is -1.36. The number of carbonyl (C=O) groups excluding carboxylic acids is 1. The summed E-state index contributed by atoms with van der Waals surface area (Å²) in [5.74, 6) is 0.218. The highest BCUT2D eigenvalue weighted by atomic mass is 16.5. The van der Waals surface area contributed by atoms with Gasteiger partial charge in [0, 0.05) is 6.07 Å². The number of aryl methyl sites for hydroxylation is 1. The Morgan fingerprint density at radius 3 is 2.74 bits per heavy atom. The van der Waals surface area contributed by atoms with E-state index in [0.717, 1.165) is 25.7 Å². The SMILES string of the molecule is Cc1cc(C(=O)N[C@](C)(CO)C2CCCCC2)on1. The normalized spacial score (nSPS) is 19.9. The molecular weight excluding hydrogens is 244 g/mol. The van der Waals surface area contributed by atoms with Gasteiger partial charge in [0.2, 0.25) is 5.76 Å². The molecule has 1 aliphatic rings. The minimum absolute atomic E-state index is 0.0590. The summed E-state index contributed by atoms with van der Waals surface area (Å²) in [6.07, 6.45) is 5.67. The Bertz CT molecular complexity index is 438. The highest BCUT2D eigenvalue weighted by Crippen LogP contribution is 2.32. The van der Waals surface area contributed by atoms with Crippen molar-refractivity contribution < 1.29 is 14.4 Å². The lowest BCUT2D eigenvalue weighted by Crippen LogP contribution is -2.54. The van der Waals surface area contributed by atoms with Crippen molar-refractivity contribution in [2.24, 2.45) is 5.92 Å². The molecule has 1 fully saturated rings. The van der Waals surface area contributed by atoms with Crippen LogP contribution < -0.4 is 5.32 Å². The van der Waals surface area contributed by atoms with E-state index >= 15 is 0 Å². The molecule has 0 radical (unpaired) electrons. The highest BCUT2D eigenvalue weighted by Gasteiger charge is 2.36. The van der Waals surface area contributed by atoms with E-state index in [1.807, 2.05) is 6.92 Å². The van der Waals surface area contributed by atoms with Gasteiger partial charge in [0.1, 0.15) is 0 Å². The van der Waals surface area contributed by atoms with Gasteiger partial charge in [-0.15, -0.1) is 0 Å². The topological polar surface area (TPSA) is 75.4 Å². The van der Waals surface area contributed by atoms with E-state index in [1.54, 1.807) is 13.0 Å². The lowest BCUT2D eigenvalue weighted by molar-refractivity contribution is 0.0650. The van der Waals surface area contributed by atoms with Gasteiger partial charge in [-0.3, -0.25) is 4.79 Å². The van der Waals surface area contributed by atoms with Crippen molar-refractivity contribution in [3.8, 4) is 0 Å². The Morgan fingerprint density at radius 1 is 1.53 bits per heavy atom. The monoisotopic (exact) mass is 266 g/mol. The Labute approximate surface area is 113 Å². The fourth-order valence-electron chi connectivity index (χ4n) is 2.80. The molecule has 2 N–H and O–H groups in total. The molecule has 1 atom stereocenters. The molecule has 1 saturated carbocycles. The van der Waals surface area contributed by atoms with E-state index in [0.29, 0.717) is 11.6 Å². The number of hydrogen-bond acceptors (Lipinski definition) is 4. The number of carbonyl (C=O) groups is 1. The van der Waals surface area contributed by atoms with E-state index in [9.17, 15) is 9.90 Å². The zero-order valence-corrected chi connectivity index (χ0v) is 11.6. The van der Waals surface area contributed by atoms with Crippen LogP contribution in [0.2, 0.25) is 0 Å². The number of nitrogens with zero attached hydrogens (tertiary/aromatic N) is 1. The second-order valence-corrected chi connectivity index (χ2v) is 5.70. The van der Waals surface area contributed by atoms with Crippen LogP contribution in [0, 0.1) is 12.8 Å². The van der Waals surface area contributed by atoms with Crippen LogP contribution in [0.4, 0.5) is 0 Å². The van der Waals surface area contributed by atoms with Crippen molar-refractivity contribution in [2.75, 3.05) is 6.61 Å². The minimum Gasteiger partial charge on any atom is -0.394 e. The molecule has 0 bridgehead atoms.